The molecule has 0 aromatic carbocycles. The SMILES string of the molecule is C[C@@]12CCC3[C@](C)(CC[C@]4(C)[C@@H](O)CC[C@@]34C)[C@@]1(C)Cc1nc3c(nc1C2)C[C@@]1(C)[C@@](C)(CCC2[C@]1(C)CC[C@]1(C)[C@@H](O)CC[C@@]21C)C3. The summed E-state index contributed by atoms with van der Waals surface area (Å²) in [4.78, 5) is 11.5. The summed E-state index contributed by atoms with van der Waals surface area (Å²) in [6.45, 7) is 25.9. The Bertz CT molecular complexity index is 1480. The number of aliphatic hydroxyl groups excluding tert-OH is 2. The van der Waals surface area contributed by atoms with Gasteiger partial charge in [0.25, 0.3) is 0 Å². The number of hydrogen-bond acceptors (Lipinski definition) is 4. The molecule has 1 aromatic heterocycles. The van der Waals surface area contributed by atoms with Gasteiger partial charge in [-0.3, -0.25) is 9.97 Å². The monoisotopic (exact) mass is 657 g/mol. The van der Waals surface area contributed by atoms with Crippen LogP contribution in [-0.2, 0) is 25.7 Å². The predicted octanol–water partition coefficient (Wildman–Crippen LogP) is 9.45. The fourth-order valence-corrected chi connectivity index (χ4v) is 17.1. The van der Waals surface area contributed by atoms with Gasteiger partial charge in [0, 0.05) is 0 Å². The Morgan fingerprint density at radius 1 is 0.396 bits per heavy atom. The maximum atomic E-state index is 11.3. The van der Waals surface area contributed by atoms with Crippen LogP contribution in [0.2, 0.25) is 0 Å². The molecule has 0 spiro atoms. The van der Waals surface area contributed by atoms with Gasteiger partial charge in [0.2, 0.25) is 0 Å². The summed E-state index contributed by atoms with van der Waals surface area (Å²) in [5.74, 6) is 1.31. The van der Waals surface area contributed by atoms with Crippen LogP contribution in [0.25, 0.3) is 0 Å². The first-order valence-corrected chi connectivity index (χ1v) is 20.4. The van der Waals surface area contributed by atoms with Crippen LogP contribution in [0.5, 0.6) is 0 Å². The lowest BCUT2D eigenvalue weighted by atomic mass is 9.32. The second-order valence-corrected chi connectivity index (χ2v) is 22.3. The van der Waals surface area contributed by atoms with Gasteiger partial charge in [0.1, 0.15) is 0 Å². The van der Waals surface area contributed by atoms with Crippen LogP contribution in [0.1, 0.15) is 169 Å². The lowest BCUT2D eigenvalue weighted by Gasteiger charge is -2.72. The normalized spacial score (nSPS) is 59.6. The maximum Gasteiger partial charge on any atom is 0.0628 e. The first-order chi connectivity index (χ1) is 22.2. The molecule has 2 unspecified atom stereocenters. The van der Waals surface area contributed by atoms with Crippen molar-refractivity contribution < 1.29 is 10.2 Å². The molecule has 2 N–H and O–H groups in total. The van der Waals surface area contributed by atoms with E-state index in [4.69, 9.17) is 9.97 Å². The van der Waals surface area contributed by atoms with Crippen LogP contribution < -0.4 is 0 Å². The van der Waals surface area contributed by atoms with E-state index in [9.17, 15) is 10.2 Å². The standard InChI is InChI=1S/C44H68N2O2/c1-35-15-11-31-37(3)17-13-33(47)41(37,7)21-19-39(31,5)43(35,9)25-29-27(23-35)45-30-26-44(10)36(2,24-28(30)46-29)16-12-32-38(4)18-14-34(48)42(38,8)22-20-40(32,44)6/h31-34,47-48H,11-26H2,1-10H3/t31?,32?,33-,34-,35-,36-,37-,38-,39-,40-,41+,42+,43-,44-/m0/s1. The molecule has 0 bridgehead atoms. The highest BCUT2D eigenvalue weighted by Gasteiger charge is 2.74. The molecule has 0 aliphatic heterocycles. The Labute approximate surface area is 292 Å². The summed E-state index contributed by atoms with van der Waals surface area (Å²) >= 11 is 0. The summed E-state index contributed by atoms with van der Waals surface area (Å²) in [7, 11) is 0. The predicted molar refractivity (Wildman–Crippen MR) is 192 cm³/mol. The summed E-state index contributed by atoms with van der Waals surface area (Å²) in [6.07, 6.45) is 18.2. The Hall–Kier alpha value is -1.00. The lowest BCUT2D eigenvalue weighted by Crippen LogP contribution is -2.67. The summed E-state index contributed by atoms with van der Waals surface area (Å²) in [6, 6.07) is 0. The van der Waals surface area contributed by atoms with Crippen molar-refractivity contribution in [2.24, 2.45) is 66.0 Å². The minimum Gasteiger partial charge on any atom is -0.393 e. The maximum absolute atomic E-state index is 11.3. The summed E-state index contributed by atoms with van der Waals surface area (Å²) < 4.78 is 0. The third-order valence-electron chi connectivity index (χ3n) is 21.9. The molecule has 0 saturated heterocycles. The Morgan fingerprint density at radius 2 is 0.729 bits per heavy atom. The highest BCUT2D eigenvalue weighted by atomic mass is 16.3. The number of hydrogen-bond donors (Lipinski definition) is 2. The number of rotatable bonds is 0. The second-order valence-electron chi connectivity index (χ2n) is 22.3. The van der Waals surface area contributed by atoms with Crippen LogP contribution >= 0.6 is 0 Å². The molecule has 4 nitrogen and oxygen atoms in total. The number of aliphatic hydroxyl groups is 2. The van der Waals surface area contributed by atoms with Crippen molar-refractivity contribution in [2.75, 3.05) is 0 Å². The second kappa shape index (κ2) is 9.13. The molecule has 4 heteroatoms. The first-order valence-electron chi connectivity index (χ1n) is 20.4. The minimum atomic E-state index is -0.146. The van der Waals surface area contributed by atoms with Crippen molar-refractivity contribution >= 4 is 0 Å². The van der Waals surface area contributed by atoms with Gasteiger partial charge in [-0.15, -0.1) is 0 Å². The molecule has 6 saturated carbocycles. The van der Waals surface area contributed by atoms with E-state index in [2.05, 4.69) is 69.2 Å². The highest BCUT2D eigenvalue weighted by Crippen LogP contribution is 2.79. The van der Waals surface area contributed by atoms with E-state index in [0.717, 1.165) is 51.4 Å². The van der Waals surface area contributed by atoms with Crippen LogP contribution in [0.15, 0.2) is 0 Å². The fraction of sp³-hybridized carbons (Fsp3) is 0.909. The Balaban J connectivity index is 1.09. The molecule has 6 fully saturated rings. The highest BCUT2D eigenvalue weighted by molar-refractivity contribution is 5.35. The Morgan fingerprint density at radius 3 is 1.10 bits per heavy atom. The van der Waals surface area contributed by atoms with E-state index in [0.29, 0.717) is 11.8 Å². The summed E-state index contributed by atoms with van der Waals surface area (Å²) in [5, 5.41) is 22.5. The van der Waals surface area contributed by atoms with E-state index in [1.165, 1.54) is 74.1 Å². The van der Waals surface area contributed by atoms with Crippen LogP contribution in [0.3, 0.4) is 0 Å². The van der Waals surface area contributed by atoms with Crippen molar-refractivity contribution in [3.8, 4) is 0 Å². The molecule has 1 aromatic rings. The van der Waals surface area contributed by atoms with Crippen molar-refractivity contribution in [2.45, 2.75) is 184 Å². The molecular weight excluding hydrogens is 588 g/mol. The summed E-state index contributed by atoms with van der Waals surface area (Å²) in [5.41, 5.74) is 7.09. The zero-order chi connectivity index (χ0) is 34.3. The molecule has 266 valence electrons. The van der Waals surface area contributed by atoms with E-state index >= 15 is 0 Å². The van der Waals surface area contributed by atoms with Crippen molar-refractivity contribution in [3.05, 3.63) is 22.8 Å². The molecule has 1 heterocycles. The molecule has 48 heavy (non-hydrogen) atoms. The van der Waals surface area contributed by atoms with Crippen LogP contribution in [0.4, 0.5) is 0 Å². The molecular formula is C44H68N2O2. The zero-order valence-electron chi connectivity index (χ0n) is 32.4. The topological polar surface area (TPSA) is 66.2 Å². The largest absolute Gasteiger partial charge is 0.393 e. The van der Waals surface area contributed by atoms with Gasteiger partial charge >= 0.3 is 0 Å². The van der Waals surface area contributed by atoms with Gasteiger partial charge in [-0.2, -0.15) is 0 Å². The van der Waals surface area contributed by atoms with E-state index in [-0.39, 0.29) is 66.4 Å². The number of aromatic nitrogens is 2. The molecule has 8 aliphatic carbocycles. The minimum absolute atomic E-state index is 0.0520. The van der Waals surface area contributed by atoms with E-state index < -0.39 is 0 Å². The third-order valence-corrected chi connectivity index (χ3v) is 21.9. The van der Waals surface area contributed by atoms with E-state index in [1.807, 2.05) is 0 Å². The smallest absolute Gasteiger partial charge is 0.0628 e. The third kappa shape index (κ3) is 3.28. The molecule has 8 aliphatic rings. The van der Waals surface area contributed by atoms with Gasteiger partial charge in [0.05, 0.1) is 35.0 Å². The quantitative estimate of drug-likeness (QED) is 0.292. The van der Waals surface area contributed by atoms with E-state index in [1.54, 1.807) is 0 Å². The fourth-order valence-electron chi connectivity index (χ4n) is 17.1. The first kappa shape index (κ1) is 32.9. The van der Waals surface area contributed by atoms with Gasteiger partial charge in [-0.05, 0) is 169 Å². The molecule has 0 radical (unpaired) electrons. The number of fused-ring (bicyclic) bond motifs is 12. The number of nitrogens with zero attached hydrogens (tertiary/aromatic N) is 2. The van der Waals surface area contributed by atoms with Crippen molar-refractivity contribution in [3.63, 3.8) is 0 Å². The van der Waals surface area contributed by atoms with Crippen LogP contribution in [-0.4, -0.2) is 32.4 Å². The van der Waals surface area contributed by atoms with Crippen LogP contribution in [0, 0.1) is 66.0 Å². The zero-order valence-corrected chi connectivity index (χ0v) is 32.4. The molecule has 0 amide bonds. The van der Waals surface area contributed by atoms with Crippen molar-refractivity contribution in [1.29, 1.82) is 0 Å². The lowest BCUT2D eigenvalue weighted by molar-refractivity contribution is -0.232. The van der Waals surface area contributed by atoms with Gasteiger partial charge in [0.15, 0.2) is 0 Å². The molecule has 14 atom stereocenters. The van der Waals surface area contributed by atoms with Gasteiger partial charge < -0.3 is 10.2 Å². The van der Waals surface area contributed by atoms with Gasteiger partial charge in [-0.25, -0.2) is 0 Å². The molecule has 9 rings (SSSR count). The average molecular weight is 657 g/mol. The van der Waals surface area contributed by atoms with Crippen molar-refractivity contribution in [1.82, 2.24) is 9.97 Å². The average Bonchev–Trinajstić information content (AvgIpc) is 3.40. The van der Waals surface area contributed by atoms with Gasteiger partial charge in [-0.1, -0.05) is 69.2 Å². The Kier molecular flexibility index (Phi) is 6.25.